The largest absolute Gasteiger partial charge is 0.496 e. The van der Waals surface area contributed by atoms with Crippen molar-refractivity contribution in [3.63, 3.8) is 0 Å². The quantitative estimate of drug-likeness (QED) is 0.899. The first kappa shape index (κ1) is 12.9. The van der Waals surface area contributed by atoms with Gasteiger partial charge in [-0.1, -0.05) is 12.8 Å². The zero-order valence-electron chi connectivity index (χ0n) is 10.6. The fourth-order valence-corrected chi connectivity index (χ4v) is 2.78. The van der Waals surface area contributed by atoms with E-state index in [2.05, 4.69) is 0 Å². The fourth-order valence-electron chi connectivity index (χ4n) is 2.78. The highest BCUT2D eigenvalue weighted by Crippen LogP contribution is 2.45. The Balaban J connectivity index is 2.61. The molecule has 98 valence electrons. The molecule has 0 atom stereocenters. The molecule has 0 bridgehead atoms. The van der Waals surface area contributed by atoms with Gasteiger partial charge in [-0.3, -0.25) is 4.79 Å². The van der Waals surface area contributed by atoms with E-state index in [1.165, 1.54) is 13.2 Å². The summed E-state index contributed by atoms with van der Waals surface area (Å²) in [6.45, 7) is 1.64. The van der Waals surface area contributed by atoms with Crippen molar-refractivity contribution in [2.24, 2.45) is 0 Å². The van der Waals surface area contributed by atoms with Gasteiger partial charge in [0.15, 0.2) is 0 Å². The lowest BCUT2D eigenvalue weighted by molar-refractivity contribution is -0.143. The molecule has 1 saturated carbocycles. The Labute approximate surface area is 106 Å². The van der Waals surface area contributed by atoms with Crippen LogP contribution in [0, 0.1) is 12.7 Å². The van der Waals surface area contributed by atoms with E-state index in [-0.39, 0.29) is 5.82 Å². The first-order valence-electron chi connectivity index (χ1n) is 6.09. The molecule has 4 heteroatoms. The number of carboxylic acid groups (broad SMARTS) is 1. The number of ether oxygens (including phenoxy) is 1. The number of methoxy groups -OCH3 is 1. The van der Waals surface area contributed by atoms with Crippen LogP contribution in [0.3, 0.4) is 0 Å². The molecule has 0 aromatic heterocycles. The number of benzene rings is 1. The van der Waals surface area contributed by atoms with Crippen molar-refractivity contribution in [3.05, 3.63) is 29.1 Å². The lowest BCUT2D eigenvalue weighted by Gasteiger charge is -2.26. The minimum Gasteiger partial charge on any atom is -0.496 e. The van der Waals surface area contributed by atoms with Crippen LogP contribution < -0.4 is 4.74 Å². The lowest BCUT2D eigenvalue weighted by atomic mass is 9.78. The fraction of sp³-hybridized carbons (Fsp3) is 0.500. The SMILES string of the molecule is COc1cc(F)c(C)cc1C1(C(=O)O)CCCC1. The number of aryl methyl sites for hydroxylation is 1. The first-order valence-corrected chi connectivity index (χ1v) is 6.09. The summed E-state index contributed by atoms with van der Waals surface area (Å²) in [6, 6.07) is 2.90. The van der Waals surface area contributed by atoms with Gasteiger partial charge in [-0.25, -0.2) is 4.39 Å². The van der Waals surface area contributed by atoms with Crippen LogP contribution in [-0.4, -0.2) is 18.2 Å². The van der Waals surface area contributed by atoms with Crippen LogP contribution in [0.1, 0.15) is 36.8 Å². The molecule has 1 N–H and O–H groups in total. The molecule has 1 aliphatic carbocycles. The van der Waals surface area contributed by atoms with E-state index in [4.69, 9.17) is 4.74 Å². The van der Waals surface area contributed by atoms with Gasteiger partial charge in [-0.2, -0.15) is 0 Å². The summed E-state index contributed by atoms with van der Waals surface area (Å²) >= 11 is 0. The van der Waals surface area contributed by atoms with Gasteiger partial charge in [0.1, 0.15) is 11.6 Å². The van der Waals surface area contributed by atoms with E-state index >= 15 is 0 Å². The molecule has 0 aliphatic heterocycles. The zero-order valence-corrected chi connectivity index (χ0v) is 10.6. The summed E-state index contributed by atoms with van der Waals surface area (Å²) in [4.78, 5) is 11.6. The molecular weight excluding hydrogens is 235 g/mol. The molecule has 0 unspecified atom stereocenters. The normalized spacial score (nSPS) is 17.7. The second kappa shape index (κ2) is 4.59. The molecule has 1 aliphatic rings. The van der Waals surface area contributed by atoms with Crippen LogP contribution in [0.25, 0.3) is 0 Å². The molecule has 3 nitrogen and oxygen atoms in total. The summed E-state index contributed by atoms with van der Waals surface area (Å²) in [5.74, 6) is -0.874. The Morgan fingerprint density at radius 3 is 2.50 bits per heavy atom. The number of aliphatic carboxylic acids is 1. The van der Waals surface area contributed by atoms with Crippen molar-refractivity contribution in [1.82, 2.24) is 0 Å². The average molecular weight is 252 g/mol. The topological polar surface area (TPSA) is 46.5 Å². The highest BCUT2D eigenvalue weighted by atomic mass is 19.1. The highest BCUT2D eigenvalue weighted by Gasteiger charge is 2.45. The molecule has 0 saturated heterocycles. The summed E-state index contributed by atoms with van der Waals surface area (Å²) in [7, 11) is 1.44. The van der Waals surface area contributed by atoms with E-state index in [1.807, 2.05) is 0 Å². The van der Waals surface area contributed by atoms with Crippen LogP contribution in [-0.2, 0) is 10.2 Å². The van der Waals surface area contributed by atoms with Gasteiger partial charge in [0, 0.05) is 11.6 Å². The predicted octanol–water partition coefficient (Wildman–Crippen LogP) is 3.04. The maximum atomic E-state index is 13.5. The number of carbonyl (C=O) groups is 1. The van der Waals surface area contributed by atoms with Crippen LogP contribution in [0.5, 0.6) is 5.75 Å². The molecule has 1 aromatic rings. The third kappa shape index (κ3) is 1.85. The minimum absolute atomic E-state index is 0.336. The van der Waals surface area contributed by atoms with Gasteiger partial charge in [0.05, 0.1) is 12.5 Å². The molecular formula is C14H17FO3. The second-order valence-electron chi connectivity index (χ2n) is 4.90. The van der Waals surface area contributed by atoms with Crippen molar-refractivity contribution in [1.29, 1.82) is 0 Å². The van der Waals surface area contributed by atoms with Gasteiger partial charge in [0.2, 0.25) is 0 Å². The molecule has 0 amide bonds. The van der Waals surface area contributed by atoms with E-state index in [0.717, 1.165) is 12.8 Å². The van der Waals surface area contributed by atoms with Gasteiger partial charge < -0.3 is 9.84 Å². The van der Waals surface area contributed by atoms with Crippen molar-refractivity contribution in [2.45, 2.75) is 38.0 Å². The highest BCUT2D eigenvalue weighted by molar-refractivity contribution is 5.83. The maximum absolute atomic E-state index is 13.5. The summed E-state index contributed by atoms with van der Waals surface area (Å²) in [6.07, 6.45) is 2.94. The third-order valence-corrected chi connectivity index (χ3v) is 3.86. The molecule has 2 rings (SSSR count). The van der Waals surface area contributed by atoms with Crippen molar-refractivity contribution < 1.29 is 19.0 Å². The Morgan fingerprint density at radius 1 is 1.39 bits per heavy atom. The van der Waals surface area contributed by atoms with Crippen molar-refractivity contribution >= 4 is 5.97 Å². The van der Waals surface area contributed by atoms with E-state index in [0.29, 0.717) is 29.7 Å². The summed E-state index contributed by atoms with van der Waals surface area (Å²) in [5.41, 5.74) is 0.149. The standard InChI is InChI=1S/C14H17FO3/c1-9-7-10(12(18-2)8-11(9)15)14(13(16)17)5-3-4-6-14/h7-8H,3-6H2,1-2H3,(H,16,17). The molecule has 0 heterocycles. The third-order valence-electron chi connectivity index (χ3n) is 3.86. The molecule has 1 fully saturated rings. The molecule has 0 radical (unpaired) electrons. The van der Waals surface area contributed by atoms with Crippen molar-refractivity contribution in [3.8, 4) is 5.75 Å². The Hall–Kier alpha value is -1.58. The van der Waals surface area contributed by atoms with Crippen LogP contribution >= 0.6 is 0 Å². The van der Waals surface area contributed by atoms with Gasteiger partial charge in [0.25, 0.3) is 0 Å². The minimum atomic E-state index is -0.913. The van der Waals surface area contributed by atoms with Gasteiger partial charge >= 0.3 is 5.97 Å². The lowest BCUT2D eigenvalue weighted by Crippen LogP contribution is -2.33. The number of hydrogen-bond donors (Lipinski definition) is 1. The van der Waals surface area contributed by atoms with Crippen molar-refractivity contribution in [2.75, 3.05) is 7.11 Å². The predicted molar refractivity (Wildman–Crippen MR) is 65.5 cm³/mol. The van der Waals surface area contributed by atoms with Crippen LogP contribution in [0.4, 0.5) is 4.39 Å². The Kier molecular flexibility index (Phi) is 3.28. The number of rotatable bonds is 3. The second-order valence-corrected chi connectivity index (χ2v) is 4.90. The van der Waals surface area contributed by atoms with E-state index < -0.39 is 11.4 Å². The molecule has 0 spiro atoms. The van der Waals surface area contributed by atoms with Crippen LogP contribution in [0.15, 0.2) is 12.1 Å². The van der Waals surface area contributed by atoms with E-state index in [1.54, 1.807) is 13.0 Å². The molecule has 18 heavy (non-hydrogen) atoms. The van der Waals surface area contributed by atoms with Crippen LogP contribution in [0.2, 0.25) is 0 Å². The Morgan fingerprint density at radius 2 is 2.00 bits per heavy atom. The smallest absolute Gasteiger partial charge is 0.314 e. The molecule has 1 aromatic carbocycles. The number of halogens is 1. The van der Waals surface area contributed by atoms with E-state index in [9.17, 15) is 14.3 Å². The van der Waals surface area contributed by atoms with Gasteiger partial charge in [-0.05, 0) is 31.4 Å². The summed E-state index contributed by atoms with van der Waals surface area (Å²) < 4.78 is 18.7. The Bertz CT molecular complexity index is 476. The first-order chi connectivity index (χ1) is 8.51. The average Bonchev–Trinajstić information content (AvgIpc) is 2.82. The number of carboxylic acids is 1. The number of hydrogen-bond acceptors (Lipinski definition) is 2. The maximum Gasteiger partial charge on any atom is 0.314 e. The summed E-state index contributed by atoms with van der Waals surface area (Å²) in [5, 5.41) is 9.55. The monoisotopic (exact) mass is 252 g/mol. The van der Waals surface area contributed by atoms with Gasteiger partial charge in [-0.15, -0.1) is 0 Å². The zero-order chi connectivity index (χ0) is 13.3.